The van der Waals surface area contributed by atoms with Gasteiger partial charge in [0.2, 0.25) is 0 Å². The number of hydrogen-bond acceptors (Lipinski definition) is 5. The van der Waals surface area contributed by atoms with Crippen molar-refractivity contribution in [3.05, 3.63) is 51.1 Å². The van der Waals surface area contributed by atoms with Crippen LogP contribution in [0.15, 0.2) is 45.6 Å². The van der Waals surface area contributed by atoms with Crippen LogP contribution in [0.4, 0.5) is 5.69 Å². The Kier molecular flexibility index (Phi) is 5.06. The van der Waals surface area contributed by atoms with Gasteiger partial charge in [-0.05, 0) is 73.0 Å². The van der Waals surface area contributed by atoms with Crippen LogP contribution in [0.5, 0.6) is 5.75 Å². The minimum Gasteiger partial charge on any atom is -0.497 e. The fourth-order valence-corrected chi connectivity index (χ4v) is 4.27. The molecule has 1 amide bonds. The summed E-state index contributed by atoms with van der Waals surface area (Å²) in [6, 6.07) is 9.56. The van der Waals surface area contributed by atoms with Crippen molar-refractivity contribution in [1.29, 1.82) is 0 Å². The zero-order valence-corrected chi connectivity index (χ0v) is 15.4. The molecule has 24 heavy (non-hydrogen) atoms. The van der Waals surface area contributed by atoms with Gasteiger partial charge in [-0.3, -0.25) is 9.69 Å². The molecule has 2 heterocycles. The molecule has 0 N–H and O–H groups in total. The number of carbonyl (C=O) groups is 1. The number of nitrogens with zero attached hydrogens (tertiary/aromatic N) is 2. The molecule has 1 aliphatic rings. The van der Waals surface area contributed by atoms with Gasteiger partial charge in [0, 0.05) is 11.4 Å². The molecule has 1 fully saturated rings. The van der Waals surface area contributed by atoms with Crippen LogP contribution in [-0.4, -0.2) is 29.6 Å². The first-order chi connectivity index (χ1) is 11.6. The normalized spacial score (nSPS) is 18.0. The monoisotopic (exact) mass is 358 g/mol. The fourth-order valence-electron chi connectivity index (χ4n) is 2.29. The van der Waals surface area contributed by atoms with Gasteiger partial charge in [0.25, 0.3) is 5.91 Å². The van der Waals surface area contributed by atoms with Crippen LogP contribution in [0.25, 0.3) is 6.08 Å². The van der Waals surface area contributed by atoms with Crippen molar-refractivity contribution >= 4 is 45.9 Å². The third-order valence-corrected chi connectivity index (χ3v) is 5.64. The standard InChI is InChI=1S/C18H18N2O2S2/c1-4-20-17(21)16(11-15-12(2)9-10-23-15)24-18(20)19-13-5-7-14(22-3)8-6-13/h5-11H,4H2,1-3H3/b16-11+,19-18?. The molecule has 0 spiro atoms. The maximum atomic E-state index is 12.6. The predicted octanol–water partition coefficient (Wildman–Crippen LogP) is 4.69. The molecule has 1 saturated heterocycles. The number of aryl methyl sites for hydroxylation is 1. The Balaban J connectivity index is 1.90. The SMILES string of the molecule is CCN1C(=O)/C(=C\c2sccc2C)SC1=Nc1ccc(OC)cc1. The molecular weight excluding hydrogens is 340 g/mol. The van der Waals surface area contributed by atoms with Crippen LogP contribution in [0, 0.1) is 6.92 Å². The largest absolute Gasteiger partial charge is 0.497 e. The van der Waals surface area contributed by atoms with Gasteiger partial charge in [-0.1, -0.05) is 0 Å². The van der Waals surface area contributed by atoms with Gasteiger partial charge in [0.1, 0.15) is 5.75 Å². The molecule has 2 aromatic rings. The van der Waals surface area contributed by atoms with Gasteiger partial charge in [0.15, 0.2) is 5.17 Å². The minimum absolute atomic E-state index is 0.0163. The first-order valence-electron chi connectivity index (χ1n) is 7.60. The lowest BCUT2D eigenvalue weighted by molar-refractivity contribution is -0.122. The zero-order chi connectivity index (χ0) is 17.1. The van der Waals surface area contributed by atoms with Crippen molar-refractivity contribution in [3.63, 3.8) is 0 Å². The van der Waals surface area contributed by atoms with Crippen molar-refractivity contribution in [1.82, 2.24) is 4.90 Å². The van der Waals surface area contributed by atoms with E-state index in [0.717, 1.165) is 21.2 Å². The molecule has 3 rings (SSSR count). The molecule has 1 aromatic carbocycles. The molecule has 1 aliphatic heterocycles. The summed E-state index contributed by atoms with van der Waals surface area (Å²) in [5.41, 5.74) is 1.99. The zero-order valence-electron chi connectivity index (χ0n) is 13.8. The lowest BCUT2D eigenvalue weighted by atomic mass is 10.2. The summed E-state index contributed by atoms with van der Waals surface area (Å²) < 4.78 is 5.16. The molecular formula is C18H18N2O2S2. The summed E-state index contributed by atoms with van der Waals surface area (Å²) in [7, 11) is 1.63. The molecule has 0 atom stereocenters. The number of ether oxygens (including phenoxy) is 1. The Labute approximate surface area is 149 Å². The number of rotatable bonds is 4. The minimum atomic E-state index is 0.0163. The Morgan fingerprint density at radius 1 is 1.25 bits per heavy atom. The third kappa shape index (κ3) is 3.39. The second-order valence-corrected chi connectivity index (χ2v) is 7.18. The summed E-state index contributed by atoms with van der Waals surface area (Å²) in [6.07, 6.45) is 1.96. The lowest BCUT2D eigenvalue weighted by Crippen LogP contribution is -2.28. The van der Waals surface area contributed by atoms with Crippen LogP contribution in [0.3, 0.4) is 0 Å². The average molecular weight is 358 g/mol. The van der Waals surface area contributed by atoms with Crippen LogP contribution in [0.2, 0.25) is 0 Å². The number of hydrogen-bond donors (Lipinski definition) is 0. The number of benzene rings is 1. The van der Waals surface area contributed by atoms with Crippen LogP contribution < -0.4 is 4.74 Å². The van der Waals surface area contributed by atoms with Crippen molar-refractivity contribution in [2.75, 3.05) is 13.7 Å². The van der Waals surface area contributed by atoms with Crippen LogP contribution in [-0.2, 0) is 4.79 Å². The van der Waals surface area contributed by atoms with Crippen molar-refractivity contribution in [2.24, 2.45) is 4.99 Å². The van der Waals surface area contributed by atoms with E-state index in [1.807, 2.05) is 42.6 Å². The Bertz CT molecular complexity index is 807. The molecule has 0 radical (unpaired) electrons. The van der Waals surface area contributed by atoms with E-state index in [4.69, 9.17) is 4.74 Å². The van der Waals surface area contributed by atoms with E-state index in [1.54, 1.807) is 23.3 Å². The van der Waals surface area contributed by atoms with Gasteiger partial charge in [0.05, 0.1) is 17.7 Å². The molecule has 0 unspecified atom stereocenters. The van der Waals surface area contributed by atoms with Crippen molar-refractivity contribution in [3.8, 4) is 5.75 Å². The molecule has 0 saturated carbocycles. The first-order valence-corrected chi connectivity index (χ1v) is 9.30. The van der Waals surface area contributed by atoms with E-state index in [9.17, 15) is 4.79 Å². The number of thiophene rings is 1. The smallest absolute Gasteiger partial charge is 0.266 e. The van der Waals surface area contributed by atoms with Gasteiger partial charge in [-0.25, -0.2) is 4.99 Å². The lowest BCUT2D eigenvalue weighted by Gasteiger charge is -2.12. The highest BCUT2D eigenvalue weighted by molar-refractivity contribution is 8.18. The van der Waals surface area contributed by atoms with Gasteiger partial charge < -0.3 is 4.74 Å². The summed E-state index contributed by atoms with van der Waals surface area (Å²) in [4.78, 5) is 20.8. The van der Waals surface area contributed by atoms with Crippen LogP contribution >= 0.6 is 23.1 Å². The van der Waals surface area contributed by atoms with Crippen molar-refractivity contribution in [2.45, 2.75) is 13.8 Å². The number of amides is 1. The topological polar surface area (TPSA) is 41.9 Å². The second-order valence-electron chi connectivity index (χ2n) is 5.22. The van der Waals surface area contributed by atoms with Gasteiger partial charge >= 0.3 is 0 Å². The highest BCUT2D eigenvalue weighted by atomic mass is 32.2. The van der Waals surface area contributed by atoms with E-state index in [-0.39, 0.29) is 5.91 Å². The van der Waals surface area contributed by atoms with E-state index >= 15 is 0 Å². The number of methoxy groups -OCH3 is 1. The van der Waals surface area contributed by atoms with Crippen LogP contribution in [0.1, 0.15) is 17.4 Å². The maximum Gasteiger partial charge on any atom is 0.266 e. The predicted molar refractivity (Wildman–Crippen MR) is 102 cm³/mol. The molecule has 0 aliphatic carbocycles. The molecule has 1 aromatic heterocycles. The molecule has 124 valence electrons. The fraction of sp³-hybridized carbons (Fsp3) is 0.222. The second kappa shape index (κ2) is 7.23. The molecule has 4 nitrogen and oxygen atoms in total. The Morgan fingerprint density at radius 2 is 2.00 bits per heavy atom. The van der Waals surface area contributed by atoms with E-state index in [2.05, 4.69) is 18.0 Å². The highest BCUT2D eigenvalue weighted by Gasteiger charge is 2.32. The summed E-state index contributed by atoms with van der Waals surface area (Å²) in [5.74, 6) is 0.803. The van der Waals surface area contributed by atoms with Crippen molar-refractivity contribution < 1.29 is 9.53 Å². The summed E-state index contributed by atoms with van der Waals surface area (Å²) in [5, 5.41) is 2.75. The van der Waals surface area contributed by atoms with E-state index in [1.165, 1.54) is 17.3 Å². The summed E-state index contributed by atoms with van der Waals surface area (Å²) in [6.45, 7) is 4.61. The Morgan fingerprint density at radius 3 is 2.58 bits per heavy atom. The summed E-state index contributed by atoms with van der Waals surface area (Å²) >= 11 is 3.07. The number of amidine groups is 1. The maximum absolute atomic E-state index is 12.6. The number of likely N-dealkylation sites (N-methyl/N-ethyl adjacent to an activating group) is 1. The van der Waals surface area contributed by atoms with Gasteiger partial charge in [-0.2, -0.15) is 0 Å². The van der Waals surface area contributed by atoms with Gasteiger partial charge in [-0.15, -0.1) is 11.3 Å². The number of thioether (sulfide) groups is 1. The Hall–Kier alpha value is -2.05. The van der Waals surface area contributed by atoms with E-state index < -0.39 is 0 Å². The highest BCUT2D eigenvalue weighted by Crippen LogP contribution is 2.35. The number of carbonyl (C=O) groups excluding carboxylic acids is 1. The third-order valence-electron chi connectivity index (χ3n) is 3.67. The quantitative estimate of drug-likeness (QED) is 0.745. The van der Waals surface area contributed by atoms with E-state index in [0.29, 0.717) is 11.7 Å². The number of aliphatic imine (C=N–C) groups is 1. The average Bonchev–Trinajstić information content (AvgIpc) is 3.12. The first kappa shape index (κ1) is 16.8. The molecule has 6 heteroatoms. The molecule has 0 bridgehead atoms.